The van der Waals surface area contributed by atoms with Crippen molar-refractivity contribution in [1.29, 1.82) is 0 Å². The Bertz CT molecular complexity index is 616. The van der Waals surface area contributed by atoms with Gasteiger partial charge in [0.05, 0.1) is 13.2 Å². The number of para-hydroxylation sites is 1. The van der Waals surface area contributed by atoms with Crippen LogP contribution in [0.2, 0.25) is 0 Å². The zero-order valence-electron chi connectivity index (χ0n) is 11.4. The number of benzene rings is 1. The van der Waals surface area contributed by atoms with Gasteiger partial charge in [-0.2, -0.15) is 0 Å². The van der Waals surface area contributed by atoms with E-state index in [1.54, 1.807) is 6.20 Å². The van der Waals surface area contributed by atoms with Gasteiger partial charge in [0.25, 0.3) is 0 Å². The van der Waals surface area contributed by atoms with E-state index in [4.69, 9.17) is 4.74 Å². The van der Waals surface area contributed by atoms with Gasteiger partial charge in [-0.3, -0.25) is 0 Å². The molecule has 0 radical (unpaired) electrons. The maximum Gasteiger partial charge on any atom is 0.225 e. The third kappa shape index (κ3) is 2.44. The van der Waals surface area contributed by atoms with Crippen molar-refractivity contribution >= 4 is 5.95 Å². The summed E-state index contributed by atoms with van der Waals surface area (Å²) in [6.45, 7) is 3.94. The highest BCUT2D eigenvalue weighted by atomic mass is 16.5. The van der Waals surface area contributed by atoms with Crippen molar-refractivity contribution in [1.82, 2.24) is 9.97 Å². The van der Waals surface area contributed by atoms with Crippen LogP contribution in [0.15, 0.2) is 30.5 Å². The number of hydrogen-bond acceptors (Lipinski definition) is 5. The Morgan fingerprint density at radius 3 is 3.00 bits per heavy atom. The van der Waals surface area contributed by atoms with E-state index in [0.717, 1.165) is 35.7 Å². The molecule has 0 unspecified atom stereocenters. The molecule has 2 aromatic rings. The highest BCUT2D eigenvalue weighted by molar-refractivity contribution is 5.41. The Balaban J connectivity index is 1.89. The molecule has 5 nitrogen and oxygen atoms in total. The molecule has 0 spiro atoms. The second-order valence-corrected chi connectivity index (χ2v) is 4.82. The van der Waals surface area contributed by atoms with Crippen LogP contribution in [0.3, 0.4) is 0 Å². The number of aliphatic hydroxyl groups excluding tert-OH is 1. The Hall–Kier alpha value is -2.14. The molecular weight excluding hydrogens is 254 g/mol. The first-order valence-electron chi connectivity index (χ1n) is 6.67. The fourth-order valence-corrected chi connectivity index (χ4v) is 2.28. The summed E-state index contributed by atoms with van der Waals surface area (Å²) in [5, 5.41) is 9.18. The van der Waals surface area contributed by atoms with Gasteiger partial charge in [0.15, 0.2) is 0 Å². The molecule has 5 heteroatoms. The Morgan fingerprint density at radius 1 is 1.35 bits per heavy atom. The molecule has 20 heavy (non-hydrogen) atoms. The van der Waals surface area contributed by atoms with Crippen molar-refractivity contribution in [2.45, 2.75) is 20.1 Å². The van der Waals surface area contributed by atoms with E-state index >= 15 is 0 Å². The Morgan fingerprint density at radius 2 is 2.20 bits per heavy atom. The number of anilines is 1. The van der Waals surface area contributed by atoms with Crippen LogP contribution in [-0.2, 0) is 13.2 Å². The van der Waals surface area contributed by atoms with Gasteiger partial charge in [0.1, 0.15) is 12.4 Å². The van der Waals surface area contributed by atoms with Gasteiger partial charge in [0.2, 0.25) is 5.95 Å². The predicted octanol–water partition coefficient (Wildman–Crippen LogP) is 1.68. The summed E-state index contributed by atoms with van der Waals surface area (Å²) in [6, 6.07) is 8.03. The predicted molar refractivity (Wildman–Crippen MR) is 75.7 cm³/mol. The van der Waals surface area contributed by atoms with Crippen molar-refractivity contribution < 1.29 is 9.84 Å². The number of aryl methyl sites for hydroxylation is 1. The number of aromatic nitrogens is 2. The largest absolute Gasteiger partial charge is 0.491 e. The number of fused-ring (bicyclic) bond motifs is 1. The monoisotopic (exact) mass is 271 g/mol. The first kappa shape index (κ1) is 12.9. The molecule has 0 saturated carbocycles. The Kier molecular flexibility index (Phi) is 3.52. The number of aliphatic hydroxyl groups is 1. The molecule has 3 rings (SSSR count). The minimum atomic E-state index is -0.0297. The van der Waals surface area contributed by atoms with E-state index in [1.165, 1.54) is 0 Å². The highest BCUT2D eigenvalue weighted by Gasteiger charge is 2.17. The average molecular weight is 271 g/mol. The quantitative estimate of drug-likeness (QED) is 0.900. The van der Waals surface area contributed by atoms with Crippen molar-refractivity contribution in [3.05, 3.63) is 47.3 Å². The number of nitrogens with zero attached hydrogens (tertiary/aromatic N) is 3. The lowest BCUT2D eigenvalue weighted by Gasteiger charge is -2.20. The molecule has 0 fully saturated rings. The molecule has 1 aliphatic rings. The average Bonchev–Trinajstić information content (AvgIpc) is 2.69. The minimum absolute atomic E-state index is 0.0297. The topological polar surface area (TPSA) is 58.5 Å². The number of rotatable bonds is 2. The standard InChI is InChI=1S/C15H17N3O2/c1-11-13(10-19)8-16-15(17-11)18-6-7-20-14-5-3-2-4-12(14)9-18/h2-5,8,19H,6-7,9-10H2,1H3. The van der Waals surface area contributed by atoms with Gasteiger partial charge in [0, 0.05) is 29.6 Å². The highest BCUT2D eigenvalue weighted by Crippen LogP contribution is 2.24. The first-order valence-corrected chi connectivity index (χ1v) is 6.67. The number of hydrogen-bond donors (Lipinski definition) is 1. The van der Waals surface area contributed by atoms with Crippen molar-refractivity contribution in [3.8, 4) is 5.75 Å². The number of ether oxygens (including phenoxy) is 1. The summed E-state index contributed by atoms with van der Waals surface area (Å²) in [4.78, 5) is 10.9. The fourth-order valence-electron chi connectivity index (χ4n) is 2.28. The third-order valence-electron chi connectivity index (χ3n) is 3.47. The van der Waals surface area contributed by atoms with Gasteiger partial charge < -0.3 is 14.7 Å². The first-order chi connectivity index (χ1) is 9.78. The van der Waals surface area contributed by atoms with Crippen molar-refractivity contribution in [2.75, 3.05) is 18.1 Å². The Labute approximate surface area is 117 Å². The molecule has 0 bridgehead atoms. The van der Waals surface area contributed by atoms with E-state index in [9.17, 15) is 5.11 Å². The fraction of sp³-hybridized carbons (Fsp3) is 0.333. The van der Waals surface area contributed by atoms with Gasteiger partial charge >= 0.3 is 0 Å². The maximum atomic E-state index is 9.18. The van der Waals surface area contributed by atoms with Crippen LogP contribution in [0.25, 0.3) is 0 Å². The third-order valence-corrected chi connectivity index (χ3v) is 3.47. The molecule has 1 aromatic carbocycles. The van der Waals surface area contributed by atoms with E-state index in [0.29, 0.717) is 12.6 Å². The second-order valence-electron chi connectivity index (χ2n) is 4.82. The van der Waals surface area contributed by atoms with Gasteiger partial charge in [-0.05, 0) is 13.0 Å². The zero-order valence-corrected chi connectivity index (χ0v) is 11.4. The summed E-state index contributed by atoms with van der Waals surface area (Å²) < 4.78 is 5.74. The van der Waals surface area contributed by atoms with Crippen LogP contribution in [0.1, 0.15) is 16.8 Å². The normalized spacial score (nSPS) is 14.4. The lowest BCUT2D eigenvalue weighted by molar-refractivity contribution is 0.280. The van der Waals surface area contributed by atoms with Crippen LogP contribution < -0.4 is 9.64 Å². The summed E-state index contributed by atoms with van der Waals surface area (Å²) in [7, 11) is 0. The SMILES string of the molecule is Cc1nc(N2CCOc3ccccc3C2)ncc1CO. The molecule has 1 aliphatic heterocycles. The molecule has 1 N–H and O–H groups in total. The van der Waals surface area contributed by atoms with Crippen LogP contribution in [-0.4, -0.2) is 28.2 Å². The summed E-state index contributed by atoms with van der Waals surface area (Å²) in [5.74, 6) is 1.61. The van der Waals surface area contributed by atoms with Crippen LogP contribution in [0.5, 0.6) is 5.75 Å². The molecular formula is C15H17N3O2. The van der Waals surface area contributed by atoms with E-state index in [2.05, 4.69) is 20.9 Å². The molecule has 0 amide bonds. The summed E-state index contributed by atoms with van der Waals surface area (Å²) in [5.41, 5.74) is 2.72. The lowest BCUT2D eigenvalue weighted by atomic mass is 10.2. The lowest BCUT2D eigenvalue weighted by Crippen LogP contribution is -2.27. The van der Waals surface area contributed by atoms with Gasteiger partial charge in [-0.25, -0.2) is 9.97 Å². The van der Waals surface area contributed by atoms with Gasteiger partial charge in [-0.1, -0.05) is 18.2 Å². The van der Waals surface area contributed by atoms with E-state index in [1.807, 2.05) is 25.1 Å². The van der Waals surface area contributed by atoms with Gasteiger partial charge in [-0.15, -0.1) is 0 Å². The van der Waals surface area contributed by atoms with Crippen molar-refractivity contribution in [3.63, 3.8) is 0 Å². The zero-order chi connectivity index (χ0) is 13.9. The molecule has 2 heterocycles. The summed E-state index contributed by atoms with van der Waals surface area (Å²) >= 11 is 0. The molecule has 104 valence electrons. The van der Waals surface area contributed by atoms with Crippen molar-refractivity contribution in [2.24, 2.45) is 0 Å². The maximum absolute atomic E-state index is 9.18. The second kappa shape index (κ2) is 5.46. The molecule has 0 aliphatic carbocycles. The molecule has 0 saturated heterocycles. The van der Waals surface area contributed by atoms with Crippen LogP contribution in [0.4, 0.5) is 5.95 Å². The minimum Gasteiger partial charge on any atom is -0.491 e. The van der Waals surface area contributed by atoms with Crippen LogP contribution >= 0.6 is 0 Å². The van der Waals surface area contributed by atoms with E-state index < -0.39 is 0 Å². The summed E-state index contributed by atoms with van der Waals surface area (Å²) in [6.07, 6.45) is 1.69. The molecule has 1 aromatic heterocycles. The smallest absolute Gasteiger partial charge is 0.225 e. The molecule has 0 atom stereocenters. The van der Waals surface area contributed by atoms with Crippen LogP contribution in [0, 0.1) is 6.92 Å². The van der Waals surface area contributed by atoms with E-state index in [-0.39, 0.29) is 6.61 Å².